The minimum Gasteiger partial charge on any atom is -0.462 e. The van der Waals surface area contributed by atoms with Crippen molar-refractivity contribution in [2.45, 2.75) is 32.4 Å². The van der Waals surface area contributed by atoms with E-state index < -0.39 is 5.97 Å². The van der Waals surface area contributed by atoms with Gasteiger partial charge in [-0.15, -0.1) is 0 Å². The average Bonchev–Trinajstić information content (AvgIpc) is 3.21. The summed E-state index contributed by atoms with van der Waals surface area (Å²) in [6, 6.07) is 7.56. The maximum atomic E-state index is 12.5. The van der Waals surface area contributed by atoms with Crippen LogP contribution in [0.3, 0.4) is 0 Å². The van der Waals surface area contributed by atoms with E-state index in [0.29, 0.717) is 23.5 Å². The number of nitrogen functional groups attached to an aromatic ring is 1. The molecule has 1 aliphatic rings. The fourth-order valence-electron chi connectivity index (χ4n) is 3.30. The summed E-state index contributed by atoms with van der Waals surface area (Å²) < 4.78 is 12.7. The Morgan fingerprint density at radius 2 is 2.12 bits per heavy atom. The number of hydrogen-bond acceptors (Lipinski definition) is 6. The number of rotatable bonds is 4. The number of para-hydroxylation sites is 2. The van der Waals surface area contributed by atoms with E-state index in [1.54, 1.807) is 6.92 Å². The van der Waals surface area contributed by atoms with E-state index >= 15 is 0 Å². The Labute approximate surface area is 144 Å². The van der Waals surface area contributed by atoms with Gasteiger partial charge in [0.15, 0.2) is 5.65 Å². The molecule has 2 N–H and O–H groups in total. The van der Waals surface area contributed by atoms with Gasteiger partial charge in [0.1, 0.15) is 16.9 Å². The highest BCUT2D eigenvalue weighted by Gasteiger charge is 2.27. The van der Waals surface area contributed by atoms with Crippen molar-refractivity contribution in [1.82, 2.24) is 14.5 Å². The molecule has 0 saturated carbocycles. The van der Waals surface area contributed by atoms with Gasteiger partial charge in [0.2, 0.25) is 0 Å². The smallest absolute Gasteiger partial charge is 0.344 e. The molecule has 1 saturated heterocycles. The number of fused-ring (bicyclic) bond motifs is 2. The van der Waals surface area contributed by atoms with Crippen molar-refractivity contribution in [3.8, 4) is 0 Å². The normalized spacial score (nSPS) is 17.4. The Hall–Kier alpha value is -2.67. The standard InChI is InChI=1S/C18H20N4O3/c1-2-24-18(23)14-15-17(21-13-8-4-3-7-12(13)20-15)22(16(14)19)10-11-6-5-9-25-11/h3-4,7-8,11H,2,5-6,9-10,19H2,1H3/t11-/m0/s1. The van der Waals surface area contributed by atoms with Gasteiger partial charge in [0.05, 0.1) is 30.3 Å². The van der Waals surface area contributed by atoms with Gasteiger partial charge in [-0.3, -0.25) is 0 Å². The molecule has 0 aliphatic carbocycles. The molecule has 1 aromatic carbocycles. The van der Waals surface area contributed by atoms with Gasteiger partial charge in [-0.1, -0.05) is 12.1 Å². The number of aromatic nitrogens is 3. The lowest BCUT2D eigenvalue weighted by Crippen LogP contribution is -2.17. The van der Waals surface area contributed by atoms with Gasteiger partial charge in [-0.05, 0) is 31.9 Å². The first-order valence-corrected chi connectivity index (χ1v) is 8.52. The number of carbonyl (C=O) groups is 1. The second-order valence-electron chi connectivity index (χ2n) is 6.11. The molecule has 0 bridgehead atoms. The van der Waals surface area contributed by atoms with Crippen molar-refractivity contribution in [2.75, 3.05) is 18.9 Å². The molecular formula is C18H20N4O3. The summed E-state index contributed by atoms with van der Waals surface area (Å²) in [6.45, 7) is 3.34. The number of nitrogens with two attached hydrogens (primary N) is 1. The van der Waals surface area contributed by atoms with E-state index in [9.17, 15) is 4.79 Å². The van der Waals surface area contributed by atoms with Crippen LogP contribution in [0.4, 0.5) is 5.82 Å². The molecule has 4 rings (SSSR count). The van der Waals surface area contributed by atoms with Crippen LogP contribution in [0.5, 0.6) is 0 Å². The van der Waals surface area contributed by atoms with Crippen molar-refractivity contribution >= 4 is 34.0 Å². The van der Waals surface area contributed by atoms with E-state index in [4.69, 9.17) is 20.2 Å². The van der Waals surface area contributed by atoms with Gasteiger partial charge >= 0.3 is 5.97 Å². The minimum atomic E-state index is -0.472. The van der Waals surface area contributed by atoms with Crippen LogP contribution in [0, 0.1) is 0 Å². The first-order valence-electron chi connectivity index (χ1n) is 8.52. The highest BCUT2D eigenvalue weighted by atomic mass is 16.5. The molecule has 1 atom stereocenters. The molecule has 0 amide bonds. The number of esters is 1. The van der Waals surface area contributed by atoms with E-state index in [0.717, 1.165) is 30.5 Å². The number of anilines is 1. The number of nitrogens with zero attached hydrogens (tertiary/aromatic N) is 3. The zero-order valence-corrected chi connectivity index (χ0v) is 14.1. The van der Waals surface area contributed by atoms with Gasteiger partial charge in [-0.25, -0.2) is 14.8 Å². The highest BCUT2D eigenvalue weighted by molar-refractivity contribution is 6.08. The van der Waals surface area contributed by atoms with Gasteiger partial charge in [0.25, 0.3) is 0 Å². The SMILES string of the molecule is CCOC(=O)c1c(N)n(C[C@@H]2CCCO2)c2nc3ccccc3nc12. The number of carbonyl (C=O) groups excluding carboxylic acids is 1. The van der Waals surface area contributed by atoms with Crippen LogP contribution in [0.15, 0.2) is 24.3 Å². The predicted octanol–water partition coefficient (Wildman–Crippen LogP) is 2.52. The third kappa shape index (κ3) is 2.70. The molecule has 0 radical (unpaired) electrons. The minimum absolute atomic E-state index is 0.0706. The van der Waals surface area contributed by atoms with Crippen LogP contribution in [0.25, 0.3) is 22.2 Å². The maximum Gasteiger partial charge on any atom is 0.344 e. The number of hydrogen-bond donors (Lipinski definition) is 1. The van der Waals surface area contributed by atoms with E-state index in [1.165, 1.54) is 0 Å². The largest absolute Gasteiger partial charge is 0.462 e. The Balaban J connectivity index is 1.93. The van der Waals surface area contributed by atoms with E-state index in [1.807, 2.05) is 28.8 Å². The van der Waals surface area contributed by atoms with Gasteiger partial charge in [-0.2, -0.15) is 0 Å². The molecule has 1 aliphatic heterocycles. The third-order valence-electron chi connectivity index (χ3n) is 4.48. The van der Waals surface area contributed by atoms with Crippen molar-refractivity contribution in [1.29, 1.82) is 0 Å². The molecule has 0 unspecified atom stereocenters. The molecule has 0 spiro atoms. The molecule has 1 fully saturated rings. The molecular weight excluding hydrogens is 320 g/mol. The molecule has 3 aromatic rings. The van der Waals surface area contributed by atoms with Crippen LogP contribution >= 0.6 is 0 Å². The average molecular weight is 340 g/mol. The lowest BCUT2D eigenvalue weighted by Gasteiger charge is -2.13. The van der Waals surface area contributed by atoms with Crippen molar-refractivity contribution in [3.63, 3.8) is 0 Å². The maximum absolute atomic E-state index is 12.5. The molecule has 7 nitrogen and oxygen atoms in total. The Morgan fingerprint density at radius 1 is 1.36 bits per heavy atom. The molecule has 2 aromatic heterocycles. The van der Waals surface area contributed by atoms with E-state index in [-0.39, 0.29) is 18.3 Å². The van der Waals surface area contributed by atoms with Crippen molar-refractivity contribution in [2.24, 2.45) is 0 Å². The highest BCUT2D eigenvalue weighted by Crippen LogP contribution is 2.30. The summed E-state index contributed by atoms with van der Waals surface area (Å²) in [4.78, 5) is 21.8. The van der Waals surface area contributed by atoms with Crippen LogP contribution in [-0.2, 0) is 16.0 Å². The zero-order valence-electron chi connectivity index (χ0n) is 14.1. The predicted molar refractivity (Wildman–Crippen MR) is 94.4 cm³/mol. The van der Waals surface area contributed by atoms with Gasteiger partial charge in [0, 0.05) is 6.61 Å². The second kappa shape index (κ2) is 6.33. The van der Waals surface area contributed by atoms with Crippen LogP contribution in [0.2, 0.25) is 0 Å². The number of benzene rings is 1. The second-order valence-corrected chi connectivity index (χ2v) is 6.11. The zero-order chi connectivity index (χ0) is 17.4. The van der Waals surface area contributed by atoms with Crippen molar-refractivity contribution in [3.05, 3.63) is 29.8 Å². The summed E-state index contributed by atoms with van der Waals surface area (Å²) in [5.74, 6) is -0.139. The summed E-state index contributed by atoms with van der Waals surface area (Å²) >= 11 is 0. The van der Waals surface area contributed by atoms with E-state index in [2.05, 4.69) is 4.98 Å². The third-order valence-corrected chi connectivity index (χ3v) is 4.48. The summed E-state index contributed by atoms with van der Waals surface area (Å²) in [6.07, 6.45) is 2.07. The van der Waals surface area contributed by atoms with Crippen molar-refractivity contribution < 1.29 is 14.3 Å². The Bertz CT molecular complexity index is 944. The molecule has 3 heterocycles. The topological polar surface area (TPSA) is 92.3 Å². The number of ether oxygens (including phenoxy) is 2. The fourth-order valence-corrected chi connectivity index (χ4v) is 3.30. The first-order chi connectivity index (χ1) is 12.2. The van der Waals surface area contributed by atoms with Crippen LogP contribution in [0.1, 0.15) is 30.1 Å². The summed E-state index contributed by atoms with van der Waals surface area (Å²) in [5, 5.41) is 0. The first kappa shape index (κ1) is 15.8. The molecule has 25 heavy (non-hydrogen) atoms. The Kier molecular flexibility index (Phi) is 4.01. The molecule has 130 valence electrons. The Morgan fingerprint density at radius 3 is 2.80 bits per heavy atom. The van der Waals surface area contributed by atoms with Gasteiger partial charge < -0.3 is 19.8 Å². The summed E-state index contributed by atoms with van der Waals surface area (Å²) in [7, 11) is 0. The fraction of sp³-hybridized carbons (Fsp3) is 0.389. The lowest BCUT2D eigenvalue weighted by atomic mass is 10.2. The quantitative estimate of drug-likeness (QED) is 0.734. The lowest BCUT2D eigenvalue weighted by molar-refractivity contribution is 0.0529. The van der Waals surface area contributed by atoms with Crippen LogP contribution in [-0.4, -0.2) is 39.8 Å². The summed E-state index contributed by atoms with van der Waals surface area (Å²) in [5.41, 5.74) is 9.15. The molecule has 7 heteroatoms. The van der Waals surface area contributed by atoms with Crippen LogP contribution < -0.4 is 5.73 Å². The monoisotopic (exact) mass is 340 g/mol.